The Labute approximate surface area is 169 Å². The van der Waals surface area contributed by atoms with Crippen LogP contribution in [0.3, 0.4) is 0 Å². The SMILES string of the molecule is COc1cccc(Nc2cnnc(N3CCc4cc(OC)c(OC)cc4C3)n2)c1. The van der Waals surface area contributed by atoms with Crippen LogP contribution in [0.1, 0.15) is 11.1 Å². The molecular formula is C21H23N5O3. The van der Waals surface area contributed by atoms with Gasteiger partial charge in [0.2, 0.25) is 5.95 Å². The first kappa shape index (κ1) is 18.8. The number of nitrogens with zero attached hydrogens (tertiary/aromatic N) is 4. The molecule has 1 aliphatic rings. The van der Waals surface area contributed by atoms with E-state index < -0.39 is 0 Å². The van der Waals surface area contributed by atoms with Crippen LogP contribution in [0, 0.1) is 0 Å². The number of benzene rings is 2. The third-order valence-corrected chi connectivity index (χ3v) is 4.89. The summed E-state index contributed by atoms with van der Waals surface area (Å²) in [6, 6.07) is 11.7. The van der Waals surface area contributed by atoms with Crippen LogP contribution in [0.2, 0.25) is 0 Å². The van der Waals surface area contributed by atoms with Gasteiger partial charge in [-0.15, -0.1) is 5.10 Å². The highest BCUT2D eigenvalue weighted by atomic mass is 16.5. The van der Waals surface area contributed by atoms with E-state index in [9.17, 15) is 0 Å². The molecule has 4 rings (SSSR count). The van der Waals surface area contributed by atoms with Crippen LogP contribution in [0.15, 0.2) is 42.6 Å². The highest BCUT2D eigenvalue weighted by Crippen LogP contribution is 2.34. The number of nitrogens with one attached hydrogen (secondary N) is 1. The van der Waals surface area contributed by atoms with Crippen molar-refractivity contribution >= 4 is 17.5 Å². The van der Waals surface area contributed by atoms with Gasteiger partial charge in [-0.2, -0.15) is 10.1 Å². The largest absolute Gasteiger partial charge is 0.497 e. The number of rotatable bonds is 6. The zero-order chi connectivity index (χ0) is 20.2. The molecule has 8 heteroatoms. The molecule has 2 aromatic carbocycles. The molecule has 3 aromatic rings. The standard InChI is InChI=1S/C21H23N5O3/c1-27-17-6-4-5-16(11-17)23-20-12-22-25-21(24-20)26-8-7-14-9-18(28-2)19(29-3)10-15(14)13-26/h4-6,9-12H,7-8,13H2,1-3H3,(H,23,24,25). The molecular weight excluding hydrogens is 370 g/mol. The third kappa shape index (κ3) is 4.01. The monoisotopic (exact) mass is 393 g/mol. The summed E-state index contributed by atoms with van der Waals surface area (Å²) >= 11 is 0. The predicted molar refractivity (Wildman–Crippen MR) is 110 cm³/mol. The van der Waals surface area contributed by atoms with Crippen molar-refractivity contribution in [1.29, 1.82) is 0 Å². The number of ether oxygens (including phenoxy) is 3. The molecule has 0 fully saturated rings. The topological polar surface area (TPSA) is 81.6 Å². The van der Waals surface area contributed by atoms with E-state index >= 15 is 0 Å². The molecule has 0 aliphatic carbocycles. The van der Waals surface area contributed by atoms with Crippen LogP contribution >= 0.6 is 0 Å². The van der Waals surface area contributed by atoms with Crippen LogP contribution < -0.4 is 24.4 Å². The van der Waals surface area contributed by atoms with E-state index in [1.165, 1.54) is 11.1 Å². The first-order valence-electron chi connectivity index (χ1n) is 9.29. The van der Waals surface area contributed by atoms with Crippen LogP contribution in [0.5, 0.6) is 17.2 Å². The second-order valence-corrected chi connectivity index (χ2v) is 6.65. The summed E-state index contributed by atoms with van der Waals surface area (Å²) in [5.41, 5.74) is 3.29. The molecule has 0 radical (unpaired) electrons. The van der Waals surface area contributed by atoms with Gasteiger partial charge in [-0.05, 0) is 41.8 Å². The molecule has 0 unspecified atom stereocenters. The lowest BCUT2D eigenvalue weighted by Gasteiger charge is -2.29. The molecule has 0 amide bonds. The zero-order valence-electron chi connectivity index (χ0n) is 16.7. The van der Waals surface area contributed by atoms with Gasteiger partial charge in [-0.25, -0.2) is 0 Å². The van der Waals surface area contributed by atoms with Crippen molar-refractivity contribution in [3.8, 4) is 17.2 Å². The summed E-state index contributed by atoms with van der Waals surface area (Å²) in [6.07, 6.45) is 2.47. The van der Waals surface area contributed by atoms with Gasteiger partial charge in [0.1, 0.15) is 5.75 Å². The lowest BCUT2D eigenvalue weighted by Crippen LogP contribution is -2.32. The first-order chi connectivity index (χ1) is 14.2. The van der Waals surface area contributed by atoms with Gasteiger partial charge in [-0.3, -0.25) is 0 Å². The van der Waals surface area contributed by atoms with Crippen molar-refractivity contribution < 1.29 is 14.2 Å². The minimum Gasteiger partial charge on any atom is -0.497 e. The molecule has 1 aliphatic heterocycles. The van der Waals surface area contributed by atoms with E-state index in [1.54, 1.807) is 27.5 Å². The van der Waals surface area contributed by atoms with Gasteiger partial charge >= 0.3 is 0 Å². The lowest BCUT2D eigenvalue weighted by atomic mass is 9.99. The molecule has 0 atom stereocenters. The number of fused-ring (bicyclic) bond motifs is 1. The fourth-order valence-corrected chi connectivity index (χ4v) is 3.39. The molecule has 29 heavy (non-hydrogen) atoms. The third-order valence-electron chi connectivity index (χ3n) is 4.89. The van der Waals surface area contributed by atoms with Crippen LogP contribution in [-0.2, 0) is 13.0 Å². The normalized spacial score (nSPS) is 12.9. The molecule has 150 valence electrons. The van der Waals surface area contributed by atoms with Crippen molar-refractivity contribution in [2.75, 3.05) is 38.1 Å². The molecule has 1 aromatic heterocycles. The zero-order valence-corrected chi connectivity index (χ0v) is 16.7. The van der Waals surface area contributed by atoms with Crippen molar-refractivity contribution in [2.24, 2.45) is 0 Å². The summed E-state index contributed by atoms with van der Waals surface area (Å²) in [5, 5.41) is 11.6. The Morgan fingerprint density at radius 2 is 1.76 bits per heavy atom. The minimum atomic E-state index is 0.582. The Morgan fingerprint density at radius 1 is 0.966 bits per heavy atom. The Bertz CT molecular complexity index is 1010. The molecule has 8 nitrogen and oxygen atoms in total. The lowest BCUT2D eigenvalue weighted by molar-refractivity contribution is 0.353. The van der Waals surface area contributed by atoms with E-state index in [4.69, 9.17) is 14.2 Å². The predicted octanol–water partition coefficient (Wildman–Crippen LogP) is 3.20. The van der Waals surface area contributed by atoms with Gasteiger partial charge in [0.15, 0.2) is 17.3 Å². The number of anilines is 3. The van der Waals surface area contributed by atoms with Gasteiger partial charge < -0.3 is 24.4 Å². The van der Waals surface area contributed by atoms with E-state index in [-0.39, 0.29) is 0 Å². The van der Waals surface area contributed by atoms with E-state index in [1.807, 2.05) is 36.4 Å². The molecule has 2 heterocycles. The summed E-state index contributed by atoms with van der Waals surface area (Å²) in [5.74, 6) is 3.46. The maximum atomic E-state index is 5.44. The molecule has 0 saturated heterocycles. The highest BCUT2D eigenvalue weighted by molar-refractivity contribution is 5.58. The Morgan fingerprint density at radius 3 is 2.52 bits per heavy atom. The van der Waals surface area contributed by atoms with Crippen molar-refractivity contribution in [2.45, 2.75) is 13.0 Å². The van der Waals surface area contributed by atoms with E-state index in [2.05, 4.69) is 25.4 Å². The van der Waals surface area contributed by atoms with E-state index in [0.717, 1.165) is 35.9 Å². The number of aromatic nitrogens is 3. The smallest absolute Gasteiger partial charge is 0.247 e. The van der Waals surface area contributed by atoms with Crippen molar-refractivity contribution in [3.63, 3.8) is 0 Å². The fraction of sp³-hybridized carbons (Fsp3) is 0.286. The Kier molecular flexibility index (Phi) is 5.33. The highest BCUT2D eigenvalue weighted by Gasteiger charge is 2.21. The number of methoxy groups -OCH3 is 3. The first-order valence-corrected chi connectivity index (χ1v) is 9.29. The molecule has 0 bridgehead atoms. The Balaban J connectivity index is 1.54. The van der Waals surface area contributed by atoms with E-state index in [0.29, 0.717) is 18.3 Å². The molecule has 0 spiro atoms. The van der Waals surface area contributed by atoms with Crippen LogP contribution in [0.4, 0.5) is 17.5 Å². The quantitative estimate of drug-likeness (QED) is 0.684. The molecule has 0 saturated carbocycles. The average Bonchev–Trinajstić information content (AvgIpc) is 2.78. The van der Waals surface area contributed by atoms with Crippen LogP contribution in [0.25, 0.3) is 0 Å². The van der Waals surface area contributed by atoms with Gasteiger partial charge in [0.05, 0.1) is 27.5 Å². The maximum absolute atomic E-state index is 5.44. The van der Waals surface area contributed by atoms with Crippen molar-refractivity contribution in [3.05, 3.63) is 53.7 Å². The van der Waals surface area contributed by atoms with Crippen molar-refractivity contribution in [1.82, 2.24) is 15.2 Å². The summed E-state index contributed by atoms with van der Waals surface area (Å²) < 4.78 is 16.1. The second-order valence-electron chi connectivity index (χ2n) is 6.65. The van der Waals surface area contributed by atoms with Gasteiger partial charge in [0.25, 0.3) is 0 Å². The summed E-state index contributed by atoms with van der Waals surface area (Å²) in [7, 11) is 4.94. The fourth-order valence-electron chi connectivity index (χ4n) is 3.39. The molecule has 1 N–H and O–H groups in total. The average molecular weight is 393 g/mol. The Hall–Kier alpha value is -3.55. The second kappa shape index (κ2) is 8.22. The van der Waals surface area contributed by atoms with Gasteiger partial charge in [0, 0.05) is 24.8 Å². The van der Waals surface area contributed by atoms with Crippen LogP contribution in [-0.4, -0.2) is 43.1 Å². The number of hydrogen-bond acceptors (Lipinski definition) is 8. The number of hydrogen-bond donors (Lipinski definition) is 1. The minimum absolute atomic E-state index is 0.582. The van der Waals surface area contributed by atoms with Gasteiger partial charge in [-0.1, -0.05) is 6.07 Å². The summed E-state index contributed by atoms with van der Waals surface area (Å²) in [6.45, 7) is 1.48. The summed E-state index contributed by atoms with van der Waals surface area (Å²) in [4.78, 5) is 6.75. The maximum Gasteiger partial charge on any atom is 0.247 e.